The zero-order valence-electron chi connectivity index (χ0n) is 7.83. The van der Waals surface area contributed by atoms with Crippen LogP contribution >= 0.6 is 0 Å². The number of hydrogen-bond acceptors (Lipinski definition) is 3. The minimum Gasteiger partial charge on any atom is -0.550 e. The standard InChI is InChI=1S/C8H13NO2.Na/c1-6(2)3-7(5-9)4-8(10)11;/h6-7H,3-4H2,1-2H3,(H,10,11);/q;+1/p-1. The maximum Gasteiger partial charge on any atom is 1.00 e. The molecule has 1 unspecified atom stereocenters. The normalized spacial score (nSPS) is 11.5. The fourth-order valence-corrected chi connectivity index (χ4v) is 0.952. The van der Waals surface area contributed by atoms with Crippen LogP contribution in [0.3, 0.4) is 0 Å². The zero-order valence-corrected chi connectivity index (χ0v) is 9.83. The molecule has 0 rings (SSSR count). The van der Waals surface area contributed by atoms with Gasteiger partial charge in [-0.15, -0.1) is 0 Å². The van der Waals surface area contributed by atoms with Gasteiger partial charge in [0.15, 0.2) is 0 Å². The van der Waals surface area contributed by atoms with Gasteiger partial charge in [0, 0.05) is 12.4 Å². The van der Waals surface area contributed by atoms with Crippen LogP contribution in [0.4, 0.5) is 0 Å². The first-order valence-corrected chi connectivity index (χ1v) is 3.65. The molecule has 0 spiro atoms. The van der Waals surface area contributed by atoms with Crippen molar-refractivity contribution in [3.05, 3.63) is 0 Å². The van der Waals surface area contributed by atoms with Gasteiger partial charge in [-0.05, 0) is 12.3 Å². The van der Waals surface area contributed by atoms with Crippen molar-refractivity contribution in [3.63, 3.8) is 0 Å². The van der Waals surface area contributed by atoms with Gasteiger partial charge >= 0.3 is 29.6 Å². The van der Waals surface area contributed by atoms with E-state index in [0.717, 1.165) is 0 Å². The number of carbonyl (C=O) groups excluding carboxylic acids is 1. The van der Waals surface area contributed by atoms with Crippen molar-refractivity contribution in [2.24, 2.45) is 11.8 Å². The van der Waals surface area contributed by atoms with Gasteiger partial charge in [-0.2, -0.15) is 5.26 Å². The van der Waals surface area contributed by atoms with Crippen LogP contribution in [0.5, 0.6) is 0 Å². The quantitative estimate of drug-likeness (QED) is 0.439. The van der Waals surface area contributed by atoms with Crippen molar-refractivity contribution in [1.82, 2.24) is 0 Å². The Morgan fingerprint density at radius 2 is 2.08 bits per heavy atom. The molecule has 0 aromatic carbocycles. The largest absolute Gasteiger partial charge is 1.00 e. The molecule has 0 saturated carbocycles. The molecule has 1 atom stereocenters. The second-order valence-corrected chi connectivity index (χ2v) is 3.03. The number of nitriles is 1. The van der Waals surface area contributed by atoms with Gasteiger partial charge in [0.05, 0.1) is 12.0 Å². The maximum absolute atomic E-state index is 10.1. The summed E-state index contributed by atoms with van der Waals surface area (Å²) in [6.07, 6.45) is 0.485. The Balaban J connectivity index is 0. The monoisotopic (exact) mass is 177 g/mol. The fraction of sp³-hybridized carbons (Fsp3) is 0.750. The molecule has 0 bridgehead atoms. The van der Waals surface area contributed by atoms with Crippen molar-refractivity contribution in [1.29, 1.82) is 5.26 Å². The van der Waals surface area contributed by atoms with Crippen molar-refractivity contribution in [2.75, 3.05) is 0 Å². The molecule has 0 amide bonds. The van der Waals surface area contributed by atoms with E-state index in [4.69, 9.17) is 5.26 Å². The number of carboxylic acid groups (broad SMARTS) is 1. The number of aliphatic carboxylic acids is 1. The van der Waals surface area contributed by atoms with Crippen LogP contribution in [0.1, 0.15) is 26.7 Å². The smallest absolute Gasteiger partial charge is 0.550 e. The Morgan fingerprint density at radius 3 is 2.33 bits per heavy atom. The van der Waals surface area contributed by atoms with E-state index in [9.17, 15) is 9.90 Å². The molecule has 0 radical (unpaired) electrons. The second-order valence-electron chi connectivity index (χ2n) is 3.03. The Morgan fingerprint density at radius 1 is 1.58 bits per heavy atom. The first kappa shape index (κ1) is 14.5. The fourth-order valence-electron chi connectivity index (χ4n) is 0.952. The minimum atomic E-state index is -1.14. The summed E-state index contributed by atoms with van der Waals surface area (Å²) in [6.45, 7) is 3.92. The van der Waals surface area contributed by atoms with E-state index in [0.29, 0.717) is 12.3 Å². The third kappa shape index (κ3) is 8.06. The summed E-state index contributed by atoms with van der Waals surface area (Å²) in [4.78, 5) is 10.1. The van der Waals surface area contributed by atoms with Gasteiger partial charge in [0.1, 0.15) is 0 Å². The summed E-state index contributed by atoms with van der Waals surface area (Å²) in [7, 11) is 0. The van der Waals surface area contributed by atoms with Crippen LogP contribution in [0.25, 0.3) is 0 Å². The molecule has 12 heavy (non-hydrogen) atoms. The van der Waals surface area contributed by atoms with Gasteiger partial charge in [0.25, 0.3) is 0 Å². The van der Waals surface area contributed by atoms with E-state index >= 15 is 0 Å². The molecule has 0 N–H and O–H groups in total. The summed E-state index contributed by atoms with van der Waals surface area (Å²) in [5, 5.41) is 18.6. The van der Waals surface area contributed by atoms with Crippen LogP contribution in [-0.4, -0.2) is 5.97 Å². The average Bonchev–Trinajstić information content (AvgIpc) is 1.84. The molecule has 0 aliphatic carbocycles. The van der Waals surface area contributed by atoms with Gasteiger partial charge in [-0.1, -0.05) is 13.8 Å². The molecule has 0 aliphatic heterocycles. The molecule has 0 aromatic heterocycles. The average molecular weight is 177 g/mol. The number of rotatable bonds is 4. The Labute approximate surface area is 95.1 Å². The number of hydrogen-bond donors (Lipinski definition) is 0. The molecule has 62 valence electrons. The summed E-state index contributed by atoms with van der Waals surface area (Å²) in [5.41, 5.74) is 0. The molecule has 0 fully saturated rings. The number of nitrogens with zero attached hydrogens (tertiary/aromatic N) is 1. The minimum absolute atomic E-state index is 0. The molecule has 0 saturated heterocycles. The van der Waals surface area contributed by atoms with Gasteiger partial charge in [-0.3, -0.25) is 0 Å². The van der Waals surface area contributed by atoms with Gasteiger partial charge in [-0.25, -0.2) is 0 Å². The molecular formula is C8H12NNaO2. The van der Waals surface area contributed by atoms with Crippen LogP contribution < -0.4 is 34.7 Å². The predicted molar refractivity (Wildman–Crippen MR) is 38.2 cm³/mol. The summed E-state index contributed by atoms with van der Waals surface area (Å²) in [6, 6.07) is 1.94. The van der Waals surface area contributed by atoms with E-state index in [1.165, 1.54) is 0 Å². The first-order valence-electron chi connectivity index (χ1n) is 3.65. The van der Waals surface area contributed by atoms with E-state index in [1.54, 1.807) is 0 Å². The van der Waals surface area contributed by atoms with Crippen molar-refractivity contribution < 1.29 is 39.5 Å². The maximum atomic E-state index is 10.1. The summed E-state index contributed by atoms with van der Waals surface area (Å²) < 4.78 is 0. The Bertz CT molecular complexity index is 174. The molecule has 0 heterocycles. The van der Waals surface area contributed by atoms with Crippen LogP contribution in [0, 0.1) is 23.2 Å². The number of carbonyl (C=O) groups is 1. The summed E-state index contributed by atoms with van der Waals surface area (Å²) >= 11 is 0. The van der Waals surface area contributed by atoms with E-state index in [1.807, 2.05) is 19.9 Å². The zero-order chi connectivity index (χ0) is 8.85. The first-order chi connectivity index (χ1) is 5.06. The van der Waals surface area contributed by atoms with Crippen LogP contribution in [0.2, 0.25) is 0 Å². The van der Waals surface area contributed by atoms with Gasteiger partial charge < -0.3 is 9.90 Å². The second kappa shape index (κ2) is 7.60. The number of carboxylic acids is 1. The Kier molecular flexibility index (Phi) is 9.17. The molecular weight excluding hydrogens is 165 g/mol. The van der Waals surface area contributed by atoms with Crippen molar-refractivity contribution in [2.45, 2.75) is 26.7 Å². The molecule has 0 aliphatic rings. The molecule has 4 heteroatoms. The third-order valence-electron chi connectivity index (χ3n) is 1.35. The van der Waals surface area contributed by atoms with Crippen LogP contribution in [-0.2, 0) is 4.79 Å². The van der Waals surface area contributed by atoms with E-state index in [2.05, 4.69) is 0 Å². The van der Waals surface area contributed by atoms with Crippen LogP contribution in [0.15, 0.2) is 0 Å². The topological polar surface area (TPSA) is 63.9 Å². The predicted octanol–water partition coefficient (Wildman–Crippen LogP) is -2.68. The van der Waals surface area contributed by atoms with E-state index < -0.39 is 5.97 Å². The van der Waals surface area contributed by atoms with Gasteiger partial charge in [0.2, 0.25) is 0 Å². The SMILES string of the molecule is CC(C)CC(C#N)CC(=O)[O-].[Na+]. The Hall–Kier alpha value is -0.0400. The molecule has 3 nitrogen and oxygen atoms in total. The van der Waals surface area contributed by atoms with E-state index in [-0.39, 0.29) is 41.9 Å². The van der Waals surface area contributed by atoms with Crippen molar-refractivity contribution in [3.8, 4) is 6.07 Å². The molecule has 0 aromatic rings. The van der Waals surface area contributed by atoms with Crippen molar-refractivity contribution >= 4 is 5.97 Å². The summed E-state index contributed by atoms with van der Waals surface area (Å²) in [5.74, 6) is -1.17. The third-order valence-corrected chi connectivity index (χ3v) is 1.35.